The fourth-order valence-corrected chi connectivity index (χ4v) is 4.17. The highest BCUT2D eigenvalue weighted by Gasteiger charge is 2.32. The van der Waals surface area contributed by atoms with Crippen molar-refractivity contribution in [2.75, 3.05) is 38.1 Å². The Morgan fingerprint density at radius 2 is 1.70 bits per heavy atom. The number of nitrogens with one attached hydrogen (secondary N) is 1. The van der Waals surface area contributed by atoms with E-state index in [9.17, 15) is 9.59 Å². The Hall–Kier alpha value is -2.70. The number of hydrogen-bond donors (Lipinski definition) is 1. The maximum absolute atomic E-state index is 13.0. The molecule has 2 aromatic carbocycles. The highest BCUT2D eigenvalue weighted by Crippen LogP contribution is 2.28. The minimum absolute atomic E-state index is 0.0303. The number of rotatable bonds is 5. The Morgan fingerprint density at radius 3 is 2.40 bits per heavy atom. The lowest BCUT2D eigenvalue weighted by Gasteiger charge is -2.38. The molecule has 6 nitrogen and oxygen atoms in total. The molecule has 158 valence electrons. The zero-order valence-electron chi connectivity index (χ0n) is 17.4. The van der Waals surface area contributed by atoms with Gasteiger partial charge in [-0.15, -0.1) is 0 Å². The van der Waals surface area contributed by atoms with Crippen molar-refractivity contribution >= 4 is 17.5 Å². The molecular weight excluding hydrogens is 378 g/mol. The van der Waals surface area contributed by atoms with Crippen LogP contribution in [0.25, 0.3) is 11.1 Å². The lowest BCUT2D eigenvalue weighted by atomic mass is 10.0. The van der Waals surface area contributed by atoms with E-state index in [1.165, 1.54) is 0 Å². The quantitative estimate of drug-likeness (QED) is 0.828. The first kappa shape index (κ1) is 20.6. The van der Waals surface area contributed by atoms with Gasteiger partial charge in [-0.05, 0) is 31.4 Å². The van der Waals surface area contributed by atoms with Crippen LogP contribution in [0.1, 0.15) is 19.8 Å². The number of para-hydroxylation sites is 1. The molecule has 2 fully saturated rings. The van der Waals surface area contributed by atoms with Gasteiger partial charge in [0.15, 0.2) is 0 Å². The highest BCUT2D eigenvalue weighted by molar-refractivity contribution is 5.98. The van der Waals surface area contributed by atoms with E-state index >= 15 is 0 Å². The molecule has 1 N–H and O–H groups in total. The molecule has 2 unspecified atom stereocenters. The molecule has 2 saturated heterocycles. The van der Waals surface area contributed by atoms with Gasteiger partial charge >= 0.3 is 0 Å². The van der Waals surface area contributed by atoms with Crippen molar-refractivity contribution in [2.24, 2.45) is 0 Å². The van der Waals surface area contributed by atoms with Gasteiger partial charge in [-0.25, -0.2) is 0 Å². The van der Waals surface area contributed by atoms with Crippen LogP contribution < -0.4 is 5.32 Å². The monoisotopic (exact) mass is 407 g/mol. The minimum Gasteiger partial charge on any atom is -0.368 e. The van der Waals surface area contributed by atoms with Crippen LogP contribution >= 0.6 is 0 Å². The first-order valence-corrected chi connectivity index (χ1v) is 10.7. The summed E-state index contributed by atoms with van der Waals surface area (Å²) in [5, 5.41) is 3.10. The van der Waals surface area contributed by atoms with Gasteiger partial charge in [0.1, 0.15) is 6.10 Å². The number of amides is 2. The standard InChI is InChI=1S/C24H29N3O3/c1-18(26-13-15-27(16-14-26)24(29)22-12-7-17-30-22)23(28)25-21-11-6-5-10-20(21)19-8-3-2-4-9-19/h2-6,8-11,18,22H,7,12-17H2,1H3,(H,25,28). The van der Waals surface area contributed by atoms with Crippen LogP contribution in [0.2, 0.25) is 0 Å². The summed E-state index contributed by atoms with van der Waals surface area (Å²) in [6.07, 6.45) is 1.50. The molecule has 0 bridgehead atoms. The molecule has 0 aromatic heterocycles. The van der Waals surface area contributed by atoms with E-state index in [1.807, 2.05) is 66.4 Å². The normalized spacial score (nSPS) is 20.7. The maximum atomic E-state index is 13.0. The summed E-state index contributed by atoms with van der Waals surface area (Å²) in [6.45, 7) is 5.25. The third-order valence-electron chi connectivity index (χ3n) is 6.03. The van der Waals surface area contributed by atoms with Gasteiger partial charge in [-0.1, -0.05) is 48.5 Å². The van der Waals surface area contributed by atoms with Gasteiger partial charge in [0.05, 0.1) is 6.04 Å². The molecule has 2 heterocycles. The summed E-state index contributed by atoms with van der Waals surface area (Å²) in [5.74, 6) is 0.0679. The summed E-state index contributed by atoms with van der Waals surface area (Å²) in [5.41, 5.74) is 2.89. The van der Waals surface area contributed by atoms with Crippen LogP contribution in [-0.4, -0.2) is 66.5 Å². The van der Waals surface area contributed by atoms with Crippen LogP contribution in [0, 0.1) is 0 Å². The van der Waals surface area contributed by atoms with E-state index in [2.05, 4.69) is 10.2 Å². The van der Waals surface area contributed by atoms with E-state index in [0.29, 0.717) is 32.8 Å². The van der Waals surface area contributed by atoms with Crippen LogP contribution in [0.3, 0.4) is 0 Å². The molecule has 0 radical (unpaired) electrons. The summed E-state index contributed by atoms with van der Waals surface area (Å²) >= 11 is 0. The third-order valence-corrected chi connectivity index (χ3v) is 6.03. The lowest BCUT2D eigenvalue weighted by Crippen LogP contribution is -2.55. The highest BCUT2D eigenvalue weighted by atomic mass is 16.5. The zero-order chi connectivity index (χ0) is 20.9. The lowest BCUT2D eigenvalue weighted by molar-refractivity contribution is -0.143. The topological polar surface area (TPSA) is 61.9 Å². The molecule has 0 aliphatic carbocycles. The molecule has 0 spiro atoms. The van der Waals surface area contributed by atoms with Crippen LogP contribution in [0.15, 0.2) is 54.6 Å². The number of benzene rings is 2. The van der Waals surface area contributed by atoms with Crippen molar-refractivity contribution in [1.29, 1.82) is 0 Å². The van der Waals surface area contributed by atoms with E-state index in [1.54, 1.807) is 0 Å². The largest absolute Gasteiger partial charge is 0.368 e. The van der Waals surface area contributed by atoms with Gasteiger partial charge in [-0.3, -0.25) is 14.5 Å². The van der Waals surface area contributed by atoms with E-state index in [4.69, 9.17) is 4.74 Å². The second-order valence-corrected chi connectivity index (χ2v) is 7.94. The summed E-state index contributed by atoms with van der Waals surface area (Å²) in [6, 6.07) is 17.6. The Labute approximate surface area is 177 Å². The van der Waals surface area contributed by atoms with Crippen LogP contribution in [0.5, 0.6) is 0 Å². The Morgan fingerprint density at radius 1 is 1.00 bits per heavy atom. The molecule has 6 heteroatoms. The molecule has 2 aliphatic heterocycles. The van der Waals surface area contributed by atoms with Crippen molar-refractivity contribution in [3.8, 4) is 11.1 Å². The van der Waals surface area contributed by atoms with Crippen LogP contribution in [-0.2, 0) is 14.3 Å². The number of carbonyl (C=O) groups is 2. The van der Waals surface area contributed by atoms with Gasteiger partial charge in [0, 0.05) is 44.0 Å². The average Bonchev–Trinajstić information content (AvgIpc) is 3.34. The van der Waals surface area contributed by atoms with E-state index in [-0.39, 0.29) is 24.0 Å². The van der Waals surface area contributed by atoms with E-state index < -0.39 is 0 Å². The smallest absolute Gasteiger partial charge is 0.251 e. The Kier molecular flexibility index (Phi) is 6.45. The number of piperazine rings is 1. The fraction of sp³-hybridized carbons (Fsp3) is 0.417. The second kappa shape index (κ2) is 9.41. The number of nitrogens with zero attached hydrogens (tertiary/aromatic N) is 2. The number of hydrogen-bond acceptors (Lipinski definition) is 4. The maximum Gasteiger partial charge on any atom is 0.251 e. The molecule has 2 amide bonds. The fourth-order valence-electron chi connectivity index (χ4n) is 4.17. The predicted octanol–water partition coefficient (Wildman–Crippen LogP) is 3.00. The molecule has 2 aromatic rings. The number of ether oxygens (including phenoxy) is 1. The molecule has 4 rings (SSSR count). The second-order valence-electron chi connectivity index (χ2n) is 7.94. The first-order valence-electron chi connectivity index (χ1n) is 10.7. The van der Waals surface area contributed by atoms with Gasteiger partial charge in [0.25, 0.3) is 5.91 Å². The Balaban J connectivity index is 1.36. The molecule has 2 atom stereocenters. The number of carbonyl (C=O) groups excluding carboxylic acids is 2. The zero-order valence-corrected chi connectivity index (χ0v) is 17.4. The molecular formula is C24H29N3O3. The predicted molar refractivity (Wildman–Crippen MR) is 117 cm³/mol. The summed E-state index contributed by atoms with van der Waals surface area (Å²) in [7, 11) is 0. The third kappa shape index (κ3) is 4.55. The number of anilines is 1. The summed E-state index contributed by atoms with van der Waals surface area (Å²) in [4.78, 5) is 29.5. The average molecular weight is 408 g/mol. The van der Waals surface area contributed by atoms with Crippen molar-refractivity contribution in [3.63, 3.8) is 0 Å². The van der Waals surface area contributed by atoms with Crippen molar-refractivity contribution in [3.05, 3.63) is 54.6 Å². The SMILES string of the molecule is CC(C(=O)Nc1ccccc1-c1ccccc1)N1CCN(C(=O)C2CCCO2)CC1. The Bertz CT molecular complexity index is 872. The molecule has 30 heavy (non-hydrogen) atoms. The minimum atomic E-state index is -0.272. The van der Waals surface area contributed by atoms with Crippen molar-refractivity contribution < 1.29 is 14.3 Å². The van der Waals surface area contributed by atoms with Gasteiger partial charge < -0.3 is 15.0 Å². The molecule has 2 aliphatic rings. The summed E-state index contributed by atoms with van der Waals surface area (Å²) < 4.78 is 5.53. The van der Waals surface area contributed by atoms with Crippen molar-refractivity contribution in [2.45, 2.75) is 31.9 Å². The van der Waals surface area contributed by atoms with Gasteiger partial charge in [-0.2, -0.15) is 0 Å². The van der Waals surface area contributed by atoms with Gasteiger partial charge in [0.2, 0.25) is 5.91 Å². The first-order chi connectivity index (χ1) is 14.6. The van der Waals surface area contributed by atoms with E-state index in [0.717, 1.165) is 29.7 Å². The van der Waals surface area contributed by atoms with Crippen molar-refractivity contribution in [1.82, 2.24) is 9.80 Å². The molecule has 0 saturated carbocycles. The van der Waals surface area contributed by atoms with Crippen LogP contribution in [0.4, 0.5) is 5.69 Å².